The molecule has 110 valence electrons. The smallest absolute Gasteiger partial charge is 0.0131 e. The Kier molecular flexibility index (Phi) is 5.43. The number of piperidine rings is 2. The van der Waals surface area contributed by atoms with Gasteiger partial charge in [-0.2, -0.15) is 11.8 Å². The Bertz CT molecular complexity index is 390. The minimum absolute atomic E-state index is 0.918. The molecule has 2 atom stereocenters. The Morgan fingerprint density at radius 3 is 2.75 bits per heavy atom. The van der Waals surface area contributed by atoms with E-state index in [1.54, 1.807) is 0 Å². The van der Waals surface area contributed by atoms with E-state index in [2.05, 4.69) is 47.0 Å². The lowest BCUT2D eigenvalue weighted by Gasteiger charge is -2.44. The van der Waals surface area contributed by atoms with Gasteiger partial charge in [0.2, 0.25) is 0 Å². The van der Waals surface area contributed by atoms with Gasteiger partial charge in [-0.25, -0.2) is 0 Å². The SMILES string of the molecule is c1ccc(CCSC[C@@H]2CCCN3CCCC[C@H]23)cc1. The molecule has 1 aromatic rings. The van der Waals surface area contributed by atoms with Gasteiger partial charge in [0.05, 0.1) is 0 Å². The highest BCUT2D eigenvalue weighted by Gasteiger charge is 2.32. The van der Waals surface area contributed by atoms with Crippen molar-refractivity contribution in [3.63, 3.8) is 0 Å². The average Bonchev–Trinajstić information content (AvgIpc) is 2.53. The second-order valence-electron chi connectivity index (χ2n) is 6.31. The third-order valence-electron chi connectivity index (χ3n) is 4.94. The molecule has 2 fully saturated rings. The Balaban J connectivity index is 1.41. The molecule has 0 saturated carbocycles. The predicted octanol–water partition coefficient (Wildman–Crippen LogP) is 4.23. The number of benzene rings is 1. The van der Waals surface area contributed by atoms with E-state index in [1.165, 1.54) is 68.7 Å². The minimum atomic E-state index is 0.918. The predicted molar refractivity (Wildman–Crippen MR) is 89.4 cm³/mol. The topological polar surface area (TPSA) is 3.24 Å². The van der Waals surface area contributed by atoms with Crippen LogP contribution in [0.2, 0.25) is 0 Å². The zero-order valence-electron chi connectivity index (χ0n) is 12.5. The van der Waals surface area contributed by atoms with Crippen molar-refractivity contribution in [1.29, 1.82) is 0 Å². The Labute approximate surface area is 128 Å². The fourth-order valence-electron chi connectivity index (χ4n) is 3.84. The highest BCUT2D eigenvalue weighted by atomic mass is 32.2. The number of thioether (sulfide) groups is 1. The van der Waals surface area contributed by atoms with Gasteiger partial charge in [0.25, 0.3) is 0 Å². The van der Waals surface area contributed by atoms with Gasteiger partial charge in [0, 0.05) is 6.04 Å². The Morgan fingerprint density at radius 2 is 1.85 bits per heavy atom. The van der Waals surface area contributed by atoms with Crippen LogP contribution in [0.15, 0.2) is 30.3 Å². The maximum atomic E-state index is 2.79. The van der Waals surface area contributed by atoms with Crippen LogP contribution in [0.1, 0.15) is 37.7 Å². The molecule has 1 nitrogen and oxygen atoms in total. The van der Waals surface area contributed by atoms with Gasteiger partial charge in [-0.15, -0.1) is 0 Å². The van der Waals surface area contributed by atoms with Gasteiger partial charge < -0.3 is 4.90 Å². The lowest BCUT2D eigenvalue weighted by molar-refractivity contribution is 0.0693. The quantitative estimate of drug-likeness (QED) is 0.746. The van der Waals surface area contributed by atoms with Gasteiger partial charge in [0.15, 0.2) is 0 Å². The van der Waals surface area contributed by atoms with E-state index in [1.807, 2.05) is 0 Å². The van der Waals surface area contributed by atoms with Crippen molar-refractivity contribution in [3.05, 3.63) is 35.9 Å². The summed E-state index contributed by atoms with van der Waals surface area (Å²) in [6, 6.07) is 11.8. The van der Waals surface area contributed by atoms with E-state index in [0.717, 1.165) is 12.0 Å². The van der Waals surface area contributed by atoms with E-state index in [-0.39, 0.29) is 0 Å². The number of fused-ring (bicyclic) bond motifs is 1. The monoisotopic (exact) mass is 289 g/mol. The van der Waals surface area contributed by atoms with E-state index < -0.39 is 0 Å². The summed E-state index contributed by atoms with van der Waals surface area (Å²) < 4.78 is 0. The lowest BCUT2D eigenvalue weighted by Crippen LogP contribution is -2.48. The van der Waals surface area contributed by atoms with Crippen LogP contribution in [0.4, 0.5) is 0 Å². The van der Waals surface area contributed by atoms with Crippen LogP contribution in [-0.4, -0.2) is 35.5 Å². The van der Waals surface area contributed by atoms with Crippen LogP contribution in [0.3, 0.4) is 0 Å². The summed E-state index contributed by atoms with van der Waals surface area (Å²) in [7, 11) is 0. The molecular formula is C18H27NS. The highest BCUT2D eigenvalue weighted by molar-refractivity contribution is 7.99. The number of hydrogen-bond donors (Lipinski definition) is 0. The molecule has 2 aliphatic rings. The van der Waals surface area contributed by atoms with Gasteiger partial charge in [0.1, 0.15) is 0 Å². The van der Waals surface area contributed by atoms with Crippen LogP contribution in [0.25, 0.3) is 0 Å². The summed E-state index contributed by atoms with van der Waals surface area (Å²) in [5.74, 6) is 3.63. The molecule has 20 heavy (non-hydrogen) atoms. The van der Waals surface area contributed by atoms with E-state index >= 15 is 0 Å². The fraction of sp³-hybridized carbons (Fsp3) is 0.667. The van der Waals surface area contributed by atoms with Crippen molar-refractivity contribution in [2.75, 3.05) is 24.6 Å². The third-order valence-corrected chi connectivity index (χ3v) is 6.10. The number of rotatable bonds is 5. The molecule has 0 N–H and O–H groups in total. The van der Waals surface area contributed by atoms with Crippen LogP contribution in [-0.2, 0) is 6.42 Å². The van der Waals surface area contributed by atoms with Gasteiger partial charge in [-0.3, -0.25) is 0 Å². The van der Waals surface area contributed by atoms with Crippen molar-refractivity contribution in [3.8, 4) is 0 Å². The molecule has 0 amide bonds. The third kappa shape index (κ3) is 3.79. The first-order chi connectivity index (χ1) is 9.93. The van der Waals surface area contributed by atoms with Crippen molar-refractivity contribution in [2.45, 2.75) is 44.6 Å². The molecule has 2 heteroatoms. The second-order valence-corrected chi connectivity index (χ2v) is 7.46. The zero-order valence-corrected chi connectivity index (χ0v) is 13.3. The number of hydrogen-bond acceptors (Lipinski definition) is 2. The largest absolute Gasteiger partial charge is 0.300 e. The summed E-state index contributed by atoms with van der Waals surface area (Å²) >= 11 is 2.18. The zero-order chi connectivity index (χ0) is 13.6. The molecule has 0 aliphatic carbocycles. The second kappa shape index (κ2) is 7.51. The lowest BCUT2D eigenvalue weighted by atomic mass is 9.85. The molecule has 0 aromatic heterocycles. The Morgan fingerprint density at radius 1 is 1.00 bits per heavy atom. The standard InChI is InChI=1S/C18H27NS/c1-2-7-16(8-3-1)11-14-20-15-17-9-6-13-19-12-5-4-10-18(17)19/h1-3,7-8,17-18H,4-6,9-15H2/t17-,18+/m0/s1. The molecule has 2 aliphatic heterocycles. The maximum Gasteiger partial charge on any atom is 0.0131 e. The average molecular weight is 289 g/mol. The summed E-state index contributed by atoms with van der Waals surface area (Å²) in [4.78, 5) is 2.79. The summed E-state index contributed by atoms with van der Waals surface area (Å²) in [5.41, 5.74) is 1.49. The van der Waals surface area contributed by atoms with Crippen molar-refractivity contribution in [2.24, 2.45) is 5.92 Å². The fourth-order valence-corrected chi connectivity index (χ4v) is 5.08. The molecule has 1 aromatic carbocycles. The number of nitrogens with zero attached hydrogens (tertiary/aromatic N) is 1. The van der Waals surface area contributed by atoms with Crippen molar-refractivity contribution in [1.82, 2.24) is 4.90 Å². The summed E-state index contributed by atoms with van der Waals surface area (Å²) in [5, 5.41) is 0. The first kappa shape index (κ1) is 14.5. The molecule has 2 saturated heterocycles. The highest BCUT2D eigenvalue weighted by Crippen LogP contribution is 2.32. The van der Waals surface area contributed by atoms with Gasteiger partial charge in [-0.05, 0) is 68.2 Å². The van der Waals surface area contributed by atoms with Crippen molar-refractivity contribution >= 4 is 11.8 Å². The van der Waals surface area contributed by atoms with Crippen LogP contribution in [0.5, 0.6) is 0 Å². The Hall–Kier alpha value is -0.470. The molecule has 0 bridgehead atoms. The van der Waals surface area contributed by atoms with Crippen LogP contribution < -0.4 is 0 Å². The molecule has 3 rings (SSSR count). The van der Waals surface area contributed by atoms with Gasteiger partial charge in [-0.1, -0.05) is 36.8 Å². The van der Waals surface area contributed by atoms with E-state index in [9.17, 15) is 0 Å². The van der Waals surface area contributed by atoms with Crippen LogP contribution >= 0.6 is 11.8 Å². The van der Waals surface area contributed by atoms with Gasteiger partial charge >= 0.3 is 0 Å². The van der Waals surface area contributed by atoms with E-state index in [4.69, 9.17) is 0 Å². The summed E-state index contributed by atoms with van der Waals surface area (Å²) in [6.07, 6.45) is 8.49. The minimum Gasteiger partial charge on any atom is -0.300 e. The number of aryl methyl sites for hydroxylation is 1. The first-order valence-corrected chi connectivity index (χ1v) is 9.45. The first-order valence-electron chi connectivity index (χ1n) is 8.29. The molecular weight excluding hydrogens is 262 g/mol. The van der Waals surface area contributed by atoms with Crippen molar-refractivity contribution < 1.29 is 0 Å². The molecule has 0 spiro atoms. The maximum absolute atomic E-state index is 2.79. The summed E-state index contributed by atoms with van der Waals surface area (Å²) in [6.45, 7) is 2.74. The molecule has 0 radical (unpaired) electrons. The van der Waals surface area contributed by atoms with Crippen LogP contribution in [0, 0.1) is 5.92 Å². The van der Waals surface area contributed by atoms with E-state index in [0.29, 0.717) is 0 Å². The molecule has 0 unspecified atom stereocenters. The molecule has 2 heterocycles. The normalized spacial score (nSPS) is 27.2.